The molecule has 3 rings (SSSR count). The van der Waals surface area contributed by atoms with Crippen molar-refractivity contribution < 1.29 is 19.8 Å². The normalized spacial score (nSPS) is 39.6. The van der Waals surface area contributed by atoms with Crippen LogP contribution in [-0.2, 0) is 9.59 Å². The fraction of sp³-hybridized carbons (Fsp3) is 0.750. The van der Waals surface area contributed by atoms with Gasteiger partial charge in [0.25, 0.3) is 0 Å². The predicted molar refractivity (Wildman–Crippen MR) is 80.1 cm³/mol. The first-order valence-electron chi connectivity index (χ1n) is 8.06. The van der Waals surface area contributed by atoms with Gasteiger partial charge in [-0.15, -0.1) is 0 Å². The minimum absolute atomic E-state index is 0.140. The molecule has 3 saturated heterocycles. The standard InChI is InChI=1S/C16H24N2O4/c1-8(6-10-4-3-5-17-10)11-7-12-13(9(2)19)15(20)18(12)14(11)16(21)22/h6,9-14,17,19H,3-5,7H2,1-2H3,(H,21,22)/t9-,10-,11?,12-,13-,14?/m1/s1. The number of β-lactam (4-membered cyclic amide) rings is 1. The molecule has 0 bridgehead atoms. The molecule has 3 heterocycles. The summed E-state index contributed by atoms with van der Waals surface area (Å²) in [5.74, 6) is -1.76. The minimum Gasteiger partial charge on any atom is -0.480 e. The molecule has 2 unspecified atom stereocenters. The van der Waals surface area contributed by atoms with Crippen LogP contribution in [0.3, 0.4) is 0 Å². The van der Waals surface area contributed by atoms with Crippen molar-refractivity contribution in [3.63, 3.8) is 0 Å². The van der Waals surface area contributed by atoms with Gasteiger partial charge in [0.1, 0.15) is 6.04 Å². The van der Waals surface area contributed by atoms with Crippen LogP contribution in [0.25, 0.3) is 0 Å². The fourth-order valence-corrected chi connectivity index (χ4v) is 4.33. The average molecular weight is 308 g/mol. The van der Waals surface area contributed by atoms with Crippen molar-refractivity contribution in [1.82, 2.24) is 10.2 Å². The molecule has 6 atom stereocenters. The third-order valence-corrected chi connectivity index (χ3v) is 5.41. The number of carboxylic acids is 1. The lowest BCUT2D eigenvalue weighted by atomic mass is 9.82. The van der Waals surface area contributed by atoms with E-state index in [0.29, 0.717) is 12.5 Å². The van der Waals surface area contributed by atoms with Crippen LogP contribution in [0.1, 0.15) is 33.1 Å². The molecule has 0 radical (unpaired) electrons. The van der Waals surface area contributed by atoms with Gasteiger partial charge < -0.3 is 20.4 Å². The Balaban J connectivity index is 1.82. The summed E-state index contributed by atoms with van der Waals surface area (Å²) in [5, 5.41) is 22.7. The summed E-state index contributed by atoms with van der Waals surface area (Å²) in [5.41, 5.74) is 1.04. The second-order valence-corrected chi connectivity index (χ2v) is 6.82. The third kappa shape index (κ3) is 2.34. The zero-order chi connectivity index (χ0) is 16.0. The maximum Gasteiger partial charge on any atom is 0.327 e. The van der Waals surface area contributed by atoms with Crippen LogP contribution in [0.15, 0.2) is 11.6 Å². The van der Waals surface area contributed by atoms with Crippen molar-refractivity contribution in [3.05, 3.63) is 11.6 Å². The van der Waals surface area contributed by atoms with Crippen molar-refractivity contribution >= 4 is 11.9 Å². The maximum atomic E-state index is 12.2. The summed E-state index contributed by atoms with van der Waals surface area (Å²) in [4.78, 5) is 25.3. The van der Waals surface area contributed by atoms with Gasteiger partial charge in [-0.2, -0.15) is 0 Å². The first kappa shape index (κ1) is 15.5. The van der Waals surface area contributed by atoms with Crippen LogP contribution in [0.4, 0.5) is 0 Å². The number of hydrogen-bond acceptors (Lipinski definition) is 4. The van der Waals surface area contributed by atoms with Crippen molar-refractivity contribution in [3.8, 4) is 0 Å². The van der Waals surface area contributed by atoms with Crippen LogP contribution < -0.4 is 5.32 Å². The zero-order valence-electron chi connectivity index (χ0n) is 13.0. The van der Waals surface area contributed by atoms with E-state index in [1.807, 2.05) is 6.92 Å². The first-order valence-corrected chi connectivity index (χ1v) is 8.06. The summed E-state index contributed by atoms with van der Waals surface area (Å²) in [7, 11) is 0. The summed E-state index contributed by atoms with van der Waals surface area (Å²) in [6, 6.07) is -0.616. The summed E-state index contributed by atoms with van der Waals surface area (Å²) < 4.78 is 0. The van der Waals surface area contributed by atoms with Gasteiger partial charge in [-0.25, -0.2) is 4.79 Å². The summed E-state index contributed by atoms with van der Waals surface area (Å²) in [6.07, 6.45) is 4.25. The Morgan fingerprint density at radius 3 is 2.77 bits per heavy atom. The lowest BCUT2D eigenvalue weighted by Crippen LogP contribution is -2.64. The molecule has 1 amide bonds. The molecule has 122 valence electrons. The molecular formula is C16H24N2O4. The van der Waals surface area contributed by atoms with Crippen LogP contribution in [0, 0.1) is 11.8 Å². The van der Waals surface area contributed by atoms with Crippen molar-refractivity contribution in [2.45, 2.75) is 57.3 Å². The highest BCUT2D eigenvalue weighted by molar-refractivity contribution is 5.92. The number of carbonyl (C=O) groups excluding carboxylic acids is 1. The lowest BCUT2D eigenvalue weighted by molar-refractivity contribution is -0.170. The summed E-state index contributed by atoms with van der Waals surface area (Å²) in [6.45, 7) is 4.57. The molecule has 0 aromatic rings. The molecule has 0 aromatic carbocycles. The number of amides is 1. The van der Waals surface area contributed by atoms with Gasteiger partial charge in [-0.05, 0) is 39.7 Å². The minimum atomic E-state index is -0.947. The fourth-order valence-electron chi connectivity index (χ4n) is 4.33. The first-order chi connectivity index (χ1) is 10.4. The Kier molecular flexibility index (Phi) is 3.99. The maximum absolute atomic E-state index is 12.2. The molecule has 6 heteroatoms. The largest absolute Gasteiger partial charge is 0.480 e. The Morgan fingerprint density at radius 2 is 2.23 bits per heavy atom. The smallest absolute Gasteiger partial charge is 0.327 e. The Morgan fingerprint density at radius 1 is 1.50 bits per heavy atom. The highest BCUT2D eigenvalue weighted by atomic mass is 16.4. The molecule has 22 heavy (non-hydrogen) atoms. The van der Waals surface area contributed by atoms with E-state index in [-0.39, 0.29) is 17.9 Å². The van der Waals surface area contributed by atoms with Crippen LogP contribution in [0.5, 0.6) is 0 Å². The van der Waals surface area contributed by atoms with Crippen LogP contribution in [-0.4, -0.2) is 57.8 Å². The van der Waals surface area contributed by atoms with E-state index in [2.05, 4.69) is 11.4 Å². The van der Waals surface area contributed by atoms with E-state index in [9.17, 15) is 19.8 Å². The number of aliphatic hydroxyl groups is 1. The van der Waals surface area contributed by atoms with Crippen molar-refractivity contribution in [2.24, 2.45) is 11.8 Å². The number of hydrogen-bond donors (Lipinski definition) is 3. The molecule has 6 nitrogen and oxygen atoms in total. The van der Waals surface area contributed by atoms with Gasteiger partial charge >= 0.3 is 5.97 Å². The number of nitrogens with zero attached hydrogens (tertiary/aromatic N) is 1. The Hall–Kier alpha value is -1.40. The number of carbonyl (C=O) groups is 2. The number of carboxylic acid groups (broad SMARTS) is 1. The SMILES string of the molecule is CC(=C[C@H]1CCCN1)C1C[C@@H]2[C@@H]([C@@H](C)O)C(=O)N2C1C(=O)O. The lowest BCUT2D eigenvalue weighted by Gasteiger charge is -2.45. The third-order valence-electron chi connectivity index (χ3n) is 5.41. The zero-order valence-corrected chi connectivity index (χ0v) is 13.0. The van der Waals surface area contributed by atoms with Gasteiger partial charge in [-0.3, -0.25) is 4.79 Å². The molecule has 0 saturated carbocycles. The van der Waals surface area contributed by atoms with E-state index in [1.165, 1.54) is 4.90 Å². The molecule has 3 N–H and O–H groups in total. The second kappa shape index (κ2) is 5.66. The predicted octanol–water partition coefficient (Wildman–Crippen LogP) is 0.366. The molecule has 3 aliphatic rings. The average Bonchev–Trinajstić information content (AvgIpc) is 3.03. The van der Waals surface area contributed by atoms with Crippen molar-refractivity contribution in [1.29, 1.82) is 0 Å². The number of aliphatic hydroxyl groups excluding tert-OH is 1. The van der Waals surface area contributed by atoms with Gasteiger partial charge in [0.05, 0.1) is 12.0 Å². The number of fused-ring (bicyclic) bond motifs is 1. The Labute approximate surface area is 130 Å². The molecule has 0 aromatic heterocycles. The highest BCUT2D eigenvalue weighted by Gasteiger charge is 2.61. The van der Waals surface area contributed by atoms with Crippen LogP contribution in [0.2, 0.25) is 0 Å². The molecular weight excluding hydrogens is 284 g/mol. The second-order valence-electron chi connectivity index (χ2n) is 6.82. The number of nitrogens with one attached hydrogen (secondary N) is 1. The highest BCUT2D eigenvalue weighted by Crippen LogP contribution is 2.46. The number of rotatable bonds is 4. The molecule has 3 aliphatic heterocycles. The Bertz CT molecular complexity index is 510. The van der Waals surface area contributed by atoms with E-state index in [4.69, 9.17) is 0 Å². The van der Waals surface area contributed by atoms with Crippen LogP contribution >= 0.6 is 0 Å². The van der Waals surface area contributed by atoms with E-state index in [0.717, 1.165) is 25.0 Å². The van der Waals surface area contributed by atoms with E-state index >= 15 is 0 Å². The number of aliphatic carboxylic acids is 1. The van der Waals surface area contributed by atoms with E-state index < -0.39 is 24.0 Å². The molecule has 0 spiro atoms. The van der Waals surface area contributed by atoms with Gasteiger partial charge in [0, 0.05) is 18.0 Å². The van der Waals surface area contributed by atoms with Gasteiger partial charge in [0.2, 0.25) is 5.91 Å². The monoisotopic (exact) mass is 308 g/mol. The molecule has 0 aliphatic carbocycles. The van der Waals surface area contributed by atoms with Crippen molar-refractivity contribution in [2.75, 3.05) is 6.54 Å². The molecule has 3 fully saturated rings. The van der Waals surface area contributed by atoms with Gasteiger partial charge in [-0.1, -0.05) is 11.6 Å². The van der Waals surface area contributed by atoms with Gasteiger partial charge in [0.15, 0.2) is 0 Å². The topological polar surface area (TPSA) is 89.9 Å². The summed E-state index contributed by atoms with van der Waals surface area (Å²) >= 11 is 0. The quantitative estimate of drug-likeness (QED) is 0.515. The van der Waals surface area contributed by atoms with E-state index in [1.54, 1.807) is 6.92 Å².